The number of nitrogen functional groups attached to an aromatic ring is 1. The van der Waals surface area contributed by atoms with E-state index in [0.29, 0.717) is 21.9 Å². The second-order valence-corrected chi connectivity index (χ2v) is 7.14. The molecule has 1 aliphatic heterocycles. The van der Waals surface area contributed by atoms with Crippen LogP contribution in [0.15, 0.2) is 64.3 Å². The Morgan fingerprint density at radius 3 is 2.50 bits per heavy atom. The van der Waals surface area contributed by atoms with Gasteiger partial charge in [-0.15, -0.1) is 11.8 Å². The van der Waals surface area contributed by atoms with Gasteiger partial charge in [0.15, 0.2) is 0 Å². The number of rotatable bonds is 4. The van der Waals surface area contributed by atoms with Crippen LogP contribution in [-0.4, -0.2) is 16.4 Å². The standard InChI is InChI=1S/C20H14FN3O3S/c21-13-6-2-1-5-11(13)10-28-15-8-4-3-7-14(15)24-16(25)9-12-17(18(24)22)20(27)23-19(12)26/h1-9H,10,22H2,(H,23,26,27). The molecule has 1 aromatic heterocycles. The van der Waals surface area contributed by atoms with Crippen molar-refractivity contribution in [3.63, 3.8) is 0 Å². The molecule has 1 aliphatic rings. The van der Waals surface area contributed by atoms with E-state index in [9.17, 15) is 18.8 Å². The molecule has 0 bridgehead atoms. The van der Waals surface area contributed by atoms with Crippen molar-refractivity contribution in [2.75, 3.05) is 5.73 Å². The van der Waals surface area contributed by atoms with Gasteiger partial charge in [0.05, 0.1) is 16.8 Å². The highest BCUT2D eigenvalue weighted by atomic mass is 32.2. The summed E-state index contributed by atoms with van der Waals surface area (Å²) in [5.41, 5.74) is 6.52. The van der Waals surface area contributed by atoms with Crippen LogP contribution in [-0.2, 0) is 5.75 Å². The third kappa shape index (κ3) is 2.97. The summed E-state index contributed by atoms with van der Waals surface area (Å²) in [5.74, 6) is -1.34. The van der Waals surface area contributed by atoms with Crippen LogP contribution in [0.4, 0.5) is 10.2 Å². The number of benzene rings is 2. The number of imide groups is 1. The lowest BCUT2D eigenvalue weighted by molar-refractivity contribution is 0.0880. The fourth-order valence-corrected chi connectivity index (χ4v) is 4.09. The number of thioether (sulfide) groups is 1. The van der Waals surface area contributed by atoms with Gasteiger partial charge in [-0.3, -0.25) is 24.3 Å². The van der Waals surface area contributed by atoms with Crippen molar-refractivity contribution < 1.29 is 14.0 Å². The van der Waals surface area contributed by atoms with Crippen LogP contribution >= 0.6 is 11.8 Å². The van der Waals surface area contributed by atoms with Gasteiger partial charge in [0.1, 0.15) is 11.6 Å². The summed E-state index contributed by atoms with van der Waals surface area (Å²) >= 11 is 1.34. The number of halogens is 1. The van der Waals surface area contributed by atoms with Crippen LogP contribution in [0.25, 0.3) is 5.69 Å². The molecule has 2 amide bonds. The summed E-state index contributed by atoms with van der Waals surface area (Å²) in [6.07, 6.45) is 0. The van der Waals surface area contributed by atoms with Crippen molar-refractivity contribution in [3.05, 3.63) is 87.5 Å². The summed E-state index contributed by atoms with van der Waals surface area (Å²) in [5, 5.41) is 2.14. The number of carbonyl (C=O) groups is 2. The van der Waals surface area contributed by atoms with E-state index in [1.54, 1.807) is 42.5 Å². The van der Waals surface area contributed by atoms with Crippen molar-refractivity contribution in [3.8, 4) is 5.69 Å². The minimum Gasteiger partial charge on any atom is -0.384 e. The van der Waals surface area contributed by atoms with Crippen LogP contribution in [0.1, 0.15) is 26.3 Å². The first-order valence-corrected chi connectivity index (χ1v) is 9.32. The van der Waals surface area contributed by atoms with Crippen molar-refractivity contribution in [2.24, 2.45) is 0 Å². The van der Waals surface area contributed by atoms with Crippen molar-refractivity contribution in [1.82, 2.24) is 9.88 Å². The molecular weight excluding hydrogens is 381 g/mol. The number of hydrogen-bond donors (Lipinski definition) is 2. The normalized spacial score (nSPS) is 12.8. The molecule has 28 heavy (non-hydrogen) atoms. The fraction of sp³-hybridized carbons (Fsp3) is 0.0500. The number of carbonyl (C=O) groups excluding carboxylic acids is 2. The molecule has 140 valence electrons. The van der Waals surface area contributed by atoms with Crippen molar-refractivity contribution in [2.45, 2.75) is 10.6 Å². The molecule has 3 aromatic rings. The molecule has 0 saturated carbocycles. The third-order valence-electron chi connectivity index (χ3n) is 4.40. The predicted octanol–water partition coefficient (Wildman–Crippen LogP) is 2.73. The fourth-order valence-electron chi connectivity index (χ4n) is 3.06. The molecule has 0 spiro atoms. The molecule has 2 heterocycles. The van der Waals surface area contributed by atoms with Crippen LogP contribution in [0.5, 0.6) is 0 Å². The second kappa shape index (κ2) is 6.97. The number of para-hydroxylation sites is 1. The average Bonchev–Trinajstić information content (AvgIpc) is 2.95. The van der Waals surface area contributed by atoms with E-state index in [-0.39, 0.29) is 22.8 Å². The Morgan fingerprint density at radius 2 is 1.71 bits per heavy atom. The van der Waals surface area contributed by atoms with Crippen LogP contribution in [0.2, 0.25) is 0 Å². The third-order valence-corrected chi connectivity index (χ3v) is 5.51. The van der Waals surface area contributed by atoms with Gasteiger partial charge < -0.3 is 5.73 Å². The molecular formula is C20H14FN3O3S. The van der Waals surface area contributed by atoms with Gasteiger partial charge in [-0.1, -0.05) is 30.3 Å². The first-order chi connectivity index (χ1) is 13.5. The second-order valence-electron chi connectivity index (χ2n) is 6.12. The molecule has 0 saturated heterocycles. The Kier molecular flexibility index (Phi) is 4.48. The lowest BCUT2D eigenvalue weighted by atomic mass is 10.1. The number of amides is 2. The van der Waals surface area contributed by atoms with E-state index < -0.39 is 17.4 Å². The molecule has 0 radical (unpaired) electrons. The molecule has 4 rings (SSSR count). The Labute approximate surface area is 163 Å². The smallest absolute Gasteiger partial charge is 0.262 e. The molecule has 0 fully saturated rings. The topological polar surface area (TPSA) is 94.2 Å². The first-order valence-electron chi connectivity index (χ1n) is 8.34. The molecule has 0 unspecified atom stereocenters. The molecule has 6 nitrogen and oxygen atoms in total. The van der Waals surface area contributed by atoms with Gasteiger partial charge in [0.2, 0.25) is 0 Å². The zero-order valence-electron chi connectivity index (χ0n) is 14.4. The number of aromatic nitrogens is 1. The van der Waals surface area contributed by atoms with Gasteiger partial charge in [0, 0.05) is 16.7 Å². The lowest BCUT2D eigenvalue weighted by Crippen LogP contribution is -2.24. The zero-order chi connectivity index (χ0) is 19.8. The quantitative estimate of drug-likeness (QED) is 0.523. The van der Waals surface area contributed by atoms with E-state index in [1.807, 2.05) is 0 Å². The van der Waals surface area contributed by atoms with Gasteiger partial charge in [0.25, 0.3) is 17.4 Å². The number of fused-ring (bicyclic) bond motifs is 1. The maximum Gasteiger partial charge on any atom is 0.262 e. The maximum atomic E-state index is 13.9. The van der Waals surface area contributed by atoms with Crippen LogP contribution < -0.4 is 16.6 Å². The maximum absolute atomic E-state index is 13.9. The summed E-state index contributed by atoms with van der Waals surface area (Å²) in [6, 6.07) is 14.5. The molecule has 0 aliphatic carbocycles. The molecule has 0 atom stereocenters. The minimum atomic E-state index is -0.641. The SMILES string of the molecule is Nc1c2c(cc(=O)n1-c1ccccc1SCc1ccccc1F)C(=O)NC2=O. The number of pyridine rings is 1. The minimum absolute atomic E-state index is 0.0153. The highest BCUT2D eigenvalue weighted by Crippen LogP contribution is 2.31. The highest BCUT2D eigenvalue weighted by molar-refractivity contribution is 7.98. The largest absolute Gasteiger partial charge is 0.384 e. The predicted molar refractivity (Wildman–Crippen MR) is 104 cm³/mol. The molecule has 3 N–H and O–H groups in total. The molecule has 8 heteroatoms. The van der Waals surface area contributed by atoms with Crippen LogP contribution in [0, 0.1) is 5.82 Å². The highest BCUT2D eigenvalue weighted by Gasteiger charge is 2.32. The van der Waals surface area contributed by atoms with Crippen LogP contribution in [0.3, 0.4) is 0 Å². The summed E-state index contributed by atoms with van der Waals surface area (Å²) < 4.78 is 15.1. The summed E-state index contributed by atoms with van der Waals surface area (Å²) in [4.78, 5) is 37.2. The Balaban J connectivity index is 1.79. The summed E-state index contributed by atoms with van der Waals surface area (Å²) in [6.45, 7) is 0. The zero-order valence-corrected chi connectivity index (χ0v) is 15.3. The van der Waals surface area contributed by atoms with E-state index >= 15 is 0 Å². The monoisotopic (exact) mass is 395 g/mol. The van der Waals surface area contributed by atoms with E-state index in [1.165, 1.54) is 22.4 Å². The van der Waals surface area contributed by atoms with E-state index in [0.717, 1.165) is 6.07 Å². The van der Waals surface area contributed by atoms with Gasteiger partial charge in [-0.05, 0) is 23.8 Å². The summed E-state index contributed by atoms with van der Waals surface area (Å²) in [7, 11) is 0. The Hall–Kier alpha value is -3.39. The van der Waals surface area contributed by atoms with Crippen molar-refractivity contribution >= 4 is 29.4 Å². The van der Waals surface area contributed by atoms with Gasteiger partial charge in [-0.25, -0.2) is 4.39 Å². The first kappa shape index (κ1) is 18.0. The Morgan fingerprint density at radius 1 is 1.00 bits per heavy atom. The number of nitrogens with zero attached hydrogens (tertiary/aromatic N) is 1. The van der Waals surface area contributed by atoms with E-state index in [2.05, 4.69) is 5.32 Å². The lowest BCUT2D eigenvalue weighted by Gasteiger charge is -2.15. The van der Waals surface area contributed by atoms with Crippen molar-refractivity contribution in [1.29, 1.82) is 0 Å². The number of nitrogens with two attached hydrogens (primary N) is 1. The average molecular weight is 395 g/mol. The number of anilines is 1. The number of nitrogens with one attached hydrogen (secondary N) is 1. The Bertz CT molecular complexity index is 1190. The molecule has 2 aromatic carbocycles. The van der Waals surface area contributed by atoms with Gasteiger partial charge in [-0.2, -0.15) is 0 Å². The van der Waals surface area contributed by atoms with Gasteiger partial charge >= 0.3 is 0 Å². The van der Waals surface area contributed by atoms with E-state index in [4.69, 9.17) is 5.73 Å². The number of hydrogen-bond acceptors (Lipinski definition) is 5.